The maximum atomic E-state index is 13.8. The minimum Gasteiger partial charge on any atom is -0.454 e. The highest BCUT2D eigenvalue weighted by Crippen LogP contribution is 2.40. The fraction of sp³-hybridized carbons (Fsp3) is 0.571. The van der Waals surface area contributed by atoms with Crippen LogP contribution >= 0.6 is 0 Å². The zero-order valence-electron chi connectivity index (χ0n) is 25.2. The van der Waals surface area contributed by atoms with Crippen molar-refractivity contribution in [3.05, 3.63) is 57.6 Å². The molecule has 1 heterocycles. The van der Waals surface area contributed by atoms with Crippen molar-refractivity contribution in [2.24, 2.45) is 17.8 Å². The third-order valence-corrected chi connectivity index (χ3v) is 8.97. The molecule has 2 aromatic carbocycles. The highest BCUT2D eigenvalue weighted by molar-refractivity contribution is 6.01. The summed E-state index contributed by atoms with van der Waals surface area (Å²) in [6.07, 6.45) is 6.74. The molecule has 40 heavy (non-hydrogen) atoms. The van der Waals surface area contributed by atoms with Crippen molar-refractivity contribution in [2.45, 2.75) is 105 Å². The van der Waals surface area contributed by atoms with Crippen molar-refractivity contribution in [3.63, 3.8) is 0 Å². The summed E-state index contributed by atoms with van der Waals surface area (Å²) in [5.74, 6) is 2.51. The van der Waals surface area contributed by atoms with Gasteiger partial charge in [0.05, 0.1) is 6.42 Å². The Hall–Kier alpha value is -2.95. The molecular formula is C35H46O5. The SMILES string of the molecule is CCCC(CC1CC(=O)c2c(C)c(CCc3ccc4c(c3)OCO4)cc(C(C)C)c2C1)C(CC)C(=O)CC(C)=O. The number of benzene rings is 2. The van der Waals surface area contributed by atoms with E-state index in [-0.39, 0.29) is 48.3 Å². The zero-order valence-corrected chi connectivity index (χ0v) is 25.2. The summed E-state index contributed by atoms with van der Waals surface area (Å²) >= 11 is 0. The third kappa shape index (κ3) is 6.67. The van der Waals surface area contributed by atoms with Crippen molar-refractivity contribution in [1.29, 1.82) is 0 Å². The number of fused-ring (bicyclic) bond motifs is 2. The minimum absolute atomic E-state index is 0.0247. The van der Waals surface area contributed by atoms with Gasteiger partial charge < -0.3 is 9.47 Å². The van der Waals surface area contributed by atoms with Gasteiger partial charge in [-0.15, -0.1) is 0 Å². The summed E-state index contributed by atoms with van der Waals surface area (Å²) in [7, 11) is 0. The molecule has 0 radical (unpaired) electrons. The summed E-state index contributed by atoms with van der Waals surface area (Å²) in [5, 5.41) is 0. The number of ketones is 3. The van der Waals surface area contributed by atoms with E-state index in [9.17, 15) is 14.4 Å². The molecule has 4 rings (SSSR count). The molecule has 0 aromatic heterocycles. The van der Waals surface area contributed by atoms with Crippen LogP contribution in [0.5, 0.6) is 11.5 Å². The summed E-state index contributed by atoms with van der Waals surface area (Å²) in [6, 6.07) is 8.48. The second-order valence-corrected chi connectivity index (χ2v) is 12.3. The van der Waals surface area contributed by atoms with Gasteiger partial charge in [-0.1, -0.05) is 52.7 Å². The maximum absolute atomic E-state index is 13.8. The Kier molecular flexibility index (Phi) is 9.86. The van der Waals surface area contributed by atoms with Gasteiger partial charge in [0.1, 0.15) is 11.6 Å². The molecule has 0 amide bonds. The predicted octanol–water partition coefficient (Wildman–Crippen LogP) is 7.76. The number of carbonyl (C=O) groups is 3. The number of Topliss-reactive ketones (excluding diaryl/α,β-unsaturated/α-hetero) is 3. The average molecular weight is 547 g/mol. The Bertz CT molecular complexity index is 1260. The van der Waals surface area contributed by atoms with Gasteiger partial charge in [0.15, 0.2) is 17.3 Å². The Labute approximate surface area is 240 Å². The van der Waals surface area contributed by atoms with Crippen LogP contribution in [0.25, 0.3) is 0 Å². The average Bonchev–Trinajstić information content (AvgIpc) is 3.36. The van der Waals surface area contributed by atoms with Gasteiger partial charge in [-0.3, -0.25) is 14.4 Å². The Balaban J connectivity index is 1.57. The van der Waals surface area contributed by atoms with Gasteiger partial charge in [-0.25, -0.2) is 0 Å². The van der Waals surface area contributed by atoms with Gasteiger partial charge in [0.2, 0.25) is 6.79 Å². The highest BCUT2D eigenvalue weighted by atomic mass is 16.7. The fourth-order valence-electron chi connectivity index (χ4n) is 7.04. The van der Waals surface area contributed by atoms with E-state index in [4.69, 9.17) is 9.47 Å². The van der Waals surface area contributed by atoms with E-state index in [1.807, 2.05) is 6.07 Å². The topological polar surface area (TPSA) is 69.7 Å². The molecule has 5 nitrogen and oxygen atoms in total. The maximum Gasteiger partial charge on any atom is 0.231 e. The van der Waals surface area contributed by atoms with E-state index in [0.29, 0.717) is 12.3 Å². The summed E-state index contributed by atoms with van der Waals surface area (Å²) < 4.78 is 11.0. The number of carbonyl (C=O) groups excluding carboxylic acids is 3. The van der Waals surface area contributed by atoms with Gasteiger partial charge in [-0.05, 0) is 104 Å². The minimum atomic E-state index is -0.106. The lowest BCUT2D eigenvalue weighted by Gasteiger charge is -2.33. The summed E-state index contributed by atoms with van der Waals surface area (Å²) in [6.45, 7) is 12.5. The molecule has 0 fully saturated rings. The molecule has 0 saturated carbocycles. The predicted molar refractivity (Wildman–Crippen MR) is 158 cm³/mol. The lowest BCUT2D eigenvalue weighted by atomic mass is 9.70. The van der Waals surface area contributed by atoms with Crippen LogP contribution in [0.4, 0.5) is 0 Å². The molecule has 1 aliphatic carbocycles. The molecule has 0 bridgehead atoms. The fourth-order valence-corrected chi connectivity index (χ4v) is 7.04. The zero-order chi connectivity index (χ0) is 29.0. The number of aryl methyl sites for hydroxylation is 2. The van der Waals surface area contributed by atoms with Crippen molar-refractivity contribution in [2.75, 3.05) is 6.79 Å². The van der Waals surface area contributed by atoms with Crippen LogP contribution in [0, 0.1) is 24.7 Å². The molecule has 1 aliphatic heterocycles. The van der Waals surface area contributed by atoms with Gasteiger partial charge in [0, 0.05) is 17.9 Å². The molecule has 216 valence electrons. The molecule has 3 atom stereocenters. The van der Waals surface area contributed by atoms with Crippen LogP contribution in [-0.2, 0) is 28.9 Å². The summed E-state index contributed by atoms with van der Waals surface area (Å²) in [4.78, 5) is 38.4. The Morgan fingerprint density at radius 3 is 2.45 bits per heavy atom. The van der Waals surface area contributed by atoms with E-state index in [1.54, 1.807) is 0 Å². The smallest absolute Gasteiger partial charge is 0.231 e. The summed E-state index contributed by atoms with van der Waals surface area (Å²) in [5.41, 5.74) is 7.01. The molecule has 0 saturated heterocycles. The van der Waals surface area contributed by atoms with E-state index < -0.39 is 0 Å². The molecule has 3 unspecified atom stereocenters. The van der Waals surface area contributed by atoms with Crippen molar-refractivity contribution in [3.8, 4) is 11.5 Å². The first-order chi connectivity index (χ1) is 19.1. The first-order valence-electron chi connectivity index (χ1n) is 15.2. The number of ether oxygens (including phenoxy) is 2. The van der Waals surface area contributed by atoms with Gasteiger partial charge >= 0.3 is 0 Å². The Morgan fingerprint density at radius 2 is 1.77 bits per heavy atom. The monoisotopic (exact) mass is 546 g/mol. The van der Waals surface area contributed by atoms with Crippen LogP contribution in [0.15, 0.2) is 24.3 Å². The number of hydrogen-bond donors (Lipinski definition) is 0. The largest absolute Gasteiger partial charge is 0.454 e. The molecule has 2 aliphatic rings. The van der Waals surface area contributed by atoms with E-state index in [0.717, 1.165) is 67.6 Å². The lowest BCUT2D eigenvalue weighted by Crippen LogP contribution is -2.30. The quantitative estimate of drug-likeness (QED) is 0.240. The van der Waals surface area contributed by atoms with E-state index in [1.165, 1.54) is 29.2 Å². The standard InChI is InChI=1S/C35H46O5/c1-7-9-27(28(8-2)31(37)14-22(5)36)15-25-16-30-29(21(3)4)19-26(23(6)35(30)32(38)17-25)12-10-24-11-13-33-34(18-24)40-20-39-33/h11,13,18-19,21,25,27-28H,7-10,12,14-17,20H2,1-6H3. The normalized spacial score (nSPS) is 17.6. The Morgan fingerprint density at radius 1 is 1.02 bits per heavy atom. The number of rotatable bonds is 13. The van der Waals surface area contributed by atoms with Crippen molar-refractivity contribution >= 4 is 17.3 Å². The molecule has 0 spiro atoms. The molecular weight excluding hydrogens is 500 g/mol. The third-order valence-electron chi connectivity index (χ3n) is 8.97. The van der Waals surface area contributed by atoms with Crippen LogP contribution in [-0.4, -0.2) is 24.1 Å². The van der Waals surface area contributed by atoms with Gasteiger partial charge in [-0.2, -0.15) is 0 Å². The van der Waals surface area contributed by atoms with Crippen molar-refractivity contribution in [1.82, 2.24) is 0 Å². The molecule has 5 heteroatoms. The highest BCUT2D eigenvalue weighted by Gasteiger charge is 2.34. The van der Waals surface area contributed by atoms with E-state index >= 15 is 0 Å². The second-order valence-electron chi connectivity index (χ2n) is 12.3. The van der Waals surface area contributed by atoms with Gasteiger partial charge in [0.25, 0.3) is 0 Å². The first kappa shape index (κ1) is 30.0. The van der Waals surface area contributed by atoms with Crippen LogP contribution < -0.4 is 9.47 Å². The van der Waals surface area contributed by atoms with Crippen LogP contribution in [0.2, 0.25) is 0 Å². The molecule has 2 aromatic rings. The second kappa shape index (κ2) is 13.1. The van der Waals surface area contributed by atoms with Crippen LogP contribution in [0.3, 0.4) is 0 Å². The van der Waals surface area contributed by atoms with Crippen molar-refractivity contribution < 1.29 is 23.9 Å². The first-order valence-corrected chi connectivity index (χ1v) is 15.2. The molecule has 0 N–H and O–H groups in total. The number of hydrogen-bond acceptors (Lipinski definition) is 5. The van der Waals surface area contributed by atoms with Crippen LogP contribution in [0.1, 0.15) is 117 Å². The lowest BCUT2D eigenvalue weighted by molar-refractivity contribution is -0.129. The van der Waals surface area contributed by atoms with E-state index in [2.05, 4.69) is 52.8 Å².